The van der Waals surface area contributed by atoms with Gasteiger partial charge in [0, 0.05) is 47.7 Å². The summed E-state index contributed by atoms with van der Waals surface area (Å²) in [7, 11) is 1.20. The average Bonchev–Trinajstić information content (AvgIpc) is 1.60. The molecule has 1 unspecified atom stereocenters. The van der Waals surface area contributed by atoms with Gasteiger partial charge in [0.15, 0.2) is 28.9 Å². The summed E-state index contributed by atoms with van der Waals surface area (Å²) in [6.45, 7) is 8.34. The number of carboxylic acids is 1. The second kappa shape index (κ2) is 22.9. The number of benzene rings is 7. The first-order chi connectivity index (χ1) is 39.3. The van der Waals surface area contributed by atoms with E-state index < -0.39 is 99.0 Å². The molecule has 2 aliphatic rings. The van der Waals surface area contributed by atoms with Crippen molar-refractivity contribution in [1.82, 2.24) is 4.90 Å². The molecular formula is C65H50F6N2O11. The molecule has 0 radical (unpaired) electrons. The summed E-state index contributed by atoms with van der Waals surface area (Å²) in [6.07, 6.45) is -9.32. The lowest BCUT2D eigenvalue weighted by Crippen LogP contribution is -2.41. The SMILES string of the molecule is CC(=O)c1cc(C(C)=O)cc(C(=O)Cc2cc(C(=O)O)cc(N3C(=O)c4ccc(C(C)(c5ccc6c(c5)C(=O)N(C)C6=O)C(F)(F)F)cc4C3=O)c2)c1.CCc1ccc(-c2ccc(CC(=O)c3cccc(C(C)=O)c3)cc2C)c(C(F)(F)F)c1. The van der Waals surface area contributed by atoms with Crippen LogP contribution in [0.2, 0.25) is 0 Å². The van der Waals surface area contributed by atoms with E-state index in [1.54, 1.807) is 55.5 Å². The van der Waals surface area contributed by atoms with Crippen molar-refractivity contribution >= 4 is 64.2 Å². The number of halogens is 6. The molecule has 9 rings (SSSR count). The second-order valence-electron chi connectivity index (χ2n) is 20.6. The quantitative estimate of drug-likeness (QED) is 0.0582. The highest BCUT2D eigenvalue weighted by molar-refractivity contribution is 6.34. The highest BCUT2D eigenvalue weighted by atomic mass is 19.4. The van der Waals surface area contributed by atoms with E-state index in [0.717, 1.165) is 60.4 Å². The topological polar surface area (TPSA) is 197 Å². The summed E-state index contributed by atoms with van der Waals surface area (Å²) in [6, 6.07) is 29.5. The summed E-state index contributed by atoms with van der Waals surface area (Å²) in [4.78, 5) is 128. The number of carboxylic acid groups (broad SMARTS) is 1. The third kappa shape index (κ3) is 11.7. The fourth-order valence-electron chi connectivity index (χ4n) is 10.1. The molecule has 84 heavy (non-hydrogen) atoms. The van der Waals surface area contributed by atoms with Crippen LogP contribution in [0.3, 0.4) is 0 Å². The molecule has 7 aromatic rings. The largest absolute Gasteiger partial charge is 0.478 e. The first kappa shape index (κ1) is 60.3. The number of nitrogens with zero attached hydrogens (tertiary/aromatic N) is 2. The van der Waals surface area contributed by atoms with Crippen LogP contribution in [-0.4, -0.2) is 81.7 Å². The highest BCUT2D eigenvalue weighted by Crippen LogP contribution is 2.48. The number of aromatic carboxylic acids is 1. The maximum atomic E-state index is 15.0. The van der Waals surface area contributed by atoms with Gasteiger partial charge in [-0.25, -0.2) is 9.69 Å². The monoisotopic (exact) mass is 1150 g/mol. The highest BCUT2D eigenvalue weighted by Gasteiger charge is 2.55. The normalized spacial score (nSPS) is 13.7. The van der Waals surface area contributed by atoms with Gasteiger partial charge in [-0.2, -0.15) is 26.3 Å². The number of alkyl halides is 6. The molecule has 1 atom stereocenters. The van der Waals surface area contributed by atoms with E-state index in [2.05, 4.69) is 0 Å². The summed E-state index contributed by atoms with van der Waals surface area (Å²) in [5, 5.41) is 9.85. The van der Waals surface area contributed by atoms with Crippen molar-refractivity contribution in [2.45, 2.75) is 78.6 Å². The Balaban J connectivity index is 0.000000252. The molecule has 19 heteroatoms. The molecule has 2 heterocycles. The first-order valence-corrected chi connectivity index (χ1v) is 25.9. The van der Waals surface area contributed by atoms with E-state index in [-0.39, 0.29) is 68.2 Å². The number of aryl methyl sites for hydroxylation is 2. The van der Waals surface area contributed by atoms with E-state index in [4.69, 9.17) is 0 Å². The number of Topliss-reactive ketones (excluding diaryl/α,β-unsaturated/α-hetero) is 5. The zero-order valence-electron chi connectivity index (χ0n) is 46.0. The average molecular weight is 1150 g/mol. The van der Waals surface area contributed by atoms with Crippen LogP contribution >= 0.6 is 0 Å². The van der Waals surface area contributed by atoms with E-state index in [9.17, 15) is 66.2 Å². The maximum absolute atomic E-state index is 15.0. The van der Waals surface area contributed by atoms with Crippen molar-refractivity contribution in [1.29, 1.82) is 0 Å². The third-order valence-corrected chi connectivity index (χ3v) is 14.9. The number of fused-ring (bicyclic) bond motifs is 2. The van der Waals surface area contributed by atoms with Crippen molar-refractivity contribution in [3.8, 4) is 11.1 Å². The van der Waals surface area contributed by atoms with Crippen molar-refractivity contribution in [3.05, 3.63) is 228 Å². The number of hydrogen-bond acceptors (Lipinski definition) is 10. The molecule has 7 aromatic carbocycles. The van der Waals surface area contributed by atoms with Gasteiger partial charge in [-0.1, -0.05) is 67.6 Å². The van der Waals surface area contributed by atoms with Crippen LogP contribution in [0.15, 0.2) is 133 Å². The number of rotatable bonds is 15. The molecule has 13 nitrogen and oxygen atoms in total. The van der Waals surface area contributed by atoms with Gasteiger partial charge in [-0.3, -0.25) is 48.1 Å². The predicted molar refractivity (Wildman–Crippen MR) is 296 cm³/mol. The van der Waals surface area contributed by atoms with Gasteiger partial charge < -0.3 is 5.11 Å². The van der Waals surface area contributed by atoms with Gasteiger partial charge in [-0.05, 0) is 158 Å². The Morgan fingerprint density at radius 2 is 0.952 bits per heavy atom. The molecule has 4 amide bonds. The first-order valence-electron chi connectivity index (χ1n) is 25.9. The lowest BCUT2D eigenvalue weighted by molar-refractivity contribution is -0.173. The molecule has 0 saturated carbocycles. The molecule has 0 bridgehead atoms. The smallest absolute Gasteiger partial charge is 0.417 e. The standard InChI is InChI=1S/C39H27F3N2O9.C26H23F3O2/c1-18(45)21-12-22(19(2)46)14-23(13-21)32(47)11-20-9-24(37(52)53)15-27(10-20)44-35(50)29-8-6-26(17-31(29)36(44)51)38(3,39(40,41)42)25-5-7-28-30(16-25)34(49)43(4)33(28)48;1-4-18-8-11-23(24(13-18)26(27,28)29)22-10-9-19(12-16(22)2)14-25(31)21-7-5-6-20(15-21)17(3)30/h5-10,12-17H,11H2,1-4H3,(H,52,53);5-13,15H,4,14H2,1-3H3. The Morgan fingerprint density at radius 1 is 0.476 bits per heavy atom. The predicted octanol–water partition coefficient (Wildman–Crippen LogP) is 13.0. The minimum absolute atomic E-state index is 0.0162. The summed E-state index contributed by atoms with van der Waals surface area (Å²) < 4.78 is 86.0. The Hall–Kier alpha value is -9.78. The molecule has 2 aliphatic heterocycles. The molecule has 1 N–H and O–H groups in total. The van der Waals surface area contributed by atoms with Crippen LogP contribution in [0, 0.1) is 6.92 Å². The number of hydrogen-bond donors (Lipinski definition) is 1. The molecule has 0 saturated heterocycles. The Morgan fingerprint density at radius 3 is 1.50 bits per heavy atom. The second-order valence-corrected chi connectivity index (χ2v) is 20.6. The summed E-state index contributed by atoms with van der Waals surface area (Å²) in [5.74, 6) is -6.66. The van der Waals surface area contributed by atoms with Crippen molar-refractivity contribution in [2.75, 3.05) is 11.9 Å². The van der Waals surface area contributed by atoms with E-state index in [0.29, 0.717) is 44.7 Å². The zero-order chi connectivity index (χ0) is 61.7. The Kier molecular flexibility index (Phi) is 16.4. The number of ketones is 5. The third-order valence-electron chi connectivity index (χ3n) is 14.9. The van der Waals surface area contributed by atoms with Gasteiger partial charge in [-0.15, -0.1) is 0 Å². The van der Waals surface area contributed by atoms with Crippen LogP contribution in [0.5, 0.6) is 0 Å². The molecule has 428 valence electrons. The number of imide groups is 2. The molecule has 0 aromatic heterocycles. The summed E-state index contributed by atoms with van der Waals surface area (Å²) >= 11 is 0. The summed E-state index contributed by atoms with van der Waals surface area (Å²) in [5.41, 5.74) is -2.25. The van der Waals surface area contributed by atoms with Crippen molar-refractivity contribution < 1.29 is 79.4 Å². The molecular weight excluding hydrogens is 1100 g/mol. The number of amides is 4. The van der Waals surface area contributed by atoms with Crippen LogP contribution in [-0.2, 0) is 30.9 Å². The number of anilines is 1. The zero-order valence-corrected chi connectivity index (χ0v) is 46.0. The van der Waals surface area contributed by atoms with Crippen LogP contribution in [0.4, 0.5) is 32.0 Å². The van der Waals surface area contributed by atoms with Crippen LogP contribution in [0.1, 0.15) is 177 Å². The van der Waals surface area contributed by atoms with Crippen molar-refractivity contribution in [2.24, 2.45) is 0 Å². The van der Waals surface area contributed by atoms with Gasteiger partial charge in [0.2, 0.25) is 0 Å². The Labute approximate surface area is 476 Å². The van der Waals surface area contributed by atoms with Crippen LogP contribution < -0.4 is 4.90 Å². The molecule has 0 fully saturated rings. The number of carbonyl (C=O) groups is 10. The lowest BCUT2D eigenvalue weighted by Gasteiger charge is -2.33. The van der Waals surface area contributed by atoms with Gasteiger partial charge in [0.05, 0.1) is 39.1 Å². The van der Waals surface area contributed by atoms with Crippen molar-refractivity contribution in [3.63, 3.8) is 0 Å². The van der Waals surface area contributed by atoms with E-state index in [1.807, 2.05) is 6.92 Å². The lowest BCUT2D eigenvalue weighted by atomic mass is 9.74. The minimum atomic E-state index is -5.01. The molecule has 0 spiro atoms. The van der Waals surface area contributed by atoms with Gasteiger partial charge >= 0.3 is 18.3 Å². The fraction of sp³-hybridized carbons (Fsp3) is 0.200. The fourth-order valence-corrected chi connectivity index (χ4v) is 10.1. The van der Waals surface area contributed by atoms with E-state index in [1.165, 1.54) is 64.2 Å². The van der Waals surface area contributed by atoms with Gasteiger partial charge in [0.25, 0.3) is 23.6 Å². The number of carbonyl (C=O) groups excluding carboxylic acids is 9. The maximum Gasteiger partial charge on any atom is 0.417 e. The Bertz CT molecular complexity index is 3990. The van der Waals surface area contributed by atoms with Crippen LogP contribution in [0.25, 0.3) is 11.1 Å². The minimum Gasteiger partial charge on any atom is -0.478 e. The molecule has 0 aliphatic carbocycles. The van der Waals surface area contributed by atoms with E-state index >= 15 is 13.2 Å². The van der Waals surface area contributed by atoms with Gasteiger partial charge in [0.1, 0.15) is 5.41 Å².